The van der Waals surface area contributed by atoms with Crippen molar-refractivity contribution in [2.75, 3.05) is 11.4 Å². The third-order valence-corrected chi connectivity index (χ3v) is 3.14. The molecule has 19 heavy (non-hydrogen) atoms. The van der Waals surface area contributed by atoms with E-state index in [1.807, 2.05) is 6.92 Å². The SMILES string of the molecule is CCN(Cc1nc(C)cc(Cl)n1)c1cccc(C)c1. The largest absolute Gasteiger partial charge is 0.364 e. The van der Waals surface area contributed by atoms with Crippen molar-refractivity contribution < 1.29 is 0 Å². The van der Waals surface area contributed by atoms with Gasteiger partial charge in [0.05, 0.1) is 6.54 Å². The molecule has 0 atom stereocenters. The molecule has 1 heterocycles. The summed E-state index contributed by atoms with van der Waals surface area (Å²) in [5.74, 6) is 0.758. The van der Waals surface area contributed by atoms with Crippen LogP contribution in [0.1, 0.15) is 24.0 Å². The number of rotatable bonds is 4. The predicted molar refractivity (Wildman–Crippen MR) is 79.7 cm³/mol. The monoisotopic (exact) mass is 275 g/mol. The Labute approximate surface area is 119 Å². The Bertz CT molecular complexity index is 549. The number of halogens is 1. The van der Waals surface area contributed by atoms with Crippen molar-refractivity contribution in [3.63, 3.8) is 0 Å². The van der Waals surface area contributed by atoms with E-state index < -0.39 is 0 Å². The molecule has 4 heteroatoms. The average Bonchev–Trinajstić information content (AvgIpc) is 2.34. The number of hydrogen-bond donors (Lipinski definition) is 0. The van der Waals surface area contributed by atoms with Crippen LogP contribution >= 0.6 is 11.6 Å². The van der Waals surface area contributed by atoms with E-state index in [1.165, 1.54) is 11.3 Å². The molecule has 1 aromatic heterocycles. The Balaban J connectivity index is 2.23. The Morgan fingerprint density at radius 2 is 1.95 bits per heavy atom. The maximum absolute atomic E-state index is 5.98. The van der Waals surface area contributed by atoms with Crippen molar-refractivity contribution in [2.45, 2.75) is 27.3 Å². The first kappa shape index (κ1) is 13.8. The van der Waals surface area contributed by atoms with E-state index in [4.69, 9.17) is 11.6 Å². The maximum Gasteiger partial charge on any atom is 0.149 e. The molecule has 0 radical (unpaired) electrons. The molecule has 0 spiro atoms. The van der Waals surface area contributed by atoms with Crippen molar-refractivity contribution in [1.82, 2.24) is 9.97 Å². The molecule has 2 aromatic rings. The molecule has 1 aromatic carbocycles. The summed E-state index contributed by atoms with van der Waals surface area (Å²) in [4.78, 5) is 10.9. The summed E-state index contributed by atoms with van der Waals surface area (Å²) in [5, 5.41) is 0.503. The molecule has 0 N–H and O–H groups in total. The zero-order chi connectivity index (χ0) is 13.8. The number of anilines is 1. The van der Waals surface area contributed by atoms with Gasteiger partial charge < -0.3 is 4.90 Å². The molecular formula is C15H18ClN3. The highest BCUT2D eigenvalue weighted by molar-refractivity contribution is 6.29. The van der Waals surface area contributed by atoms with E-state index in [9.17, 15) is 0 Å². The highest BCUT2D eigenvalue weighted by Gasteiger charge is 2.08. The zero-order valence-electron chi connectivity index (χ0n) is 11.5. The van der Waals surface area contributed by atoms with Crippen molar-refractivity contribution in [2.24, 2.45) is 0 Å². The minimum absolute atomic E-state index is 0.503. The third-order valence-electron chi connectivity index (χ3n) is 2.95. The Kier molecular flexibility index (Phi) is 4.38. The van der Waals surface area contributed by atoms with Crippen LogP contribution in [-0.2, 0) is 6.54 Å². The lowest BCUT2D eigenvalue weighted by atomic mass is 10.2. The predicted octanol–water partition coefficient (Wildman–Crippen LogP) is 3.77. The smallest absolute Gasteiger partial charge is 0.149 e. The fourth-order valence-electron chi connectivity index (χ4n) is 2.04. The number of hydrogen-bond acceptors (Lipinski definition) is 3. The van der Waals surface area contributed by atoms with Gasteiger partial charge in [-0.1, -0.05) is 23.7 Å². The topological polar surface area (TPSA) is 29.0 Å². The van der Waals surface area contributed by atoms with Gasteiger partial charge in [0.2, 0.25) is 0 Å². The standard InChI is InChI=1S/C15H18ClN3/c1-4-19(13-7-5-6-11(2)8-13)10-15-17-12(3)9-14(16)18-15/h5-9H,4,10H2,1-3H3. The lowest BCUT2D eigenvalue weighted by Crippen LogP contribution is -2.23. The molecule has 0 aliphatic rings. The van der Waals surface area contributed by atoms with Gasteiger partial charge in [0, 0.05) is 17.9 Å². The van der Waals surface area contributed by atoms with Crippen molar-refractivity contribution in [1.29, 1.82) is 0 Å². The van der Waals surface area contributed by atoms with Crippen LogP contribution in [0.4, 0.5) is 5.69 Å². The van der Waals surface area contributed by atoms with E-state index in [1.54, 1.807) is 6.07 Å². The van der Waals surface area contributed by atoms with Crippen LogP contribution in [0.3, 0.4) is 0 Å². The summed E-state index contributed by atoms with van der Waals surface area (Å²) in [6.45, 7) is 7.72. The number of aryl methyl sites for hydroxylation is 2. The van der Waals surface area contributed by atoms with Crippen LogP contribution in [0.15, 0.2) is 30.3 Å². The second-order valence-corrected chi connectivity index (χ2v) is 4.99. The molecule has 0 aliphatic heterocycles. The molecule has 0 saturated heterocycles. The molecule has 0 fully saturated rings. The van der Waals surface area contributed by atoms with Gasteiger partial charge in [-0.05, 0) is 44.5 Å². The van der Waals surface area contributed by atoms with Gasteiger partial charge >= 0.3 is 0 Å². The van der Waals surface area contributed by atoms with E-state index in [-0.39, 0.29) is 0 Å². The minimum Gasteiger partial charge on any atom is -0.364 e. The van der Waals surface area contributed by atoms with E-state index >= 15 is 0 Å². The van der Waals surface area contributed by atoms with Gasteiger partial charge in [-0.15, -0.1) is 0 Å². The number of aromatic nitrogens is 2. The van der Waals surface area contributed by atoms with E-state index in [0.29, 0.717) is 11.7 Å². The Morgan fingerprint density at radius 3 is 2.58 bits per heavy atom. The molecule has 0 saturated carbocycles. The van der Waals surface area contributed by atoms with Crippen LogP contribution in [0.25, 0.3) is 0 Å². The molecule has 0 aliphatic carbocycles. The van der Waals surface area contributed by atoms with Crippen molar-refractivity contribution in [3.05, 3.63) is 52.6 Å². The quantitative estimate of drug-likeness (QED) is 0.796. The van der Waals surface area contributed by atoms with Crippen LogP contribution in [0.5, 0.6) is 0 Å². The summed E-state index contributed by atoms with van der Waals surface area (Å²) in [7, 11) is 0. The second kappa shape index (κ2) is 6.02. The fourth-order valence-corrected chi connectivity index (χ4v) is 2.30. The highest BCUT2D eigenvalue weighted by atomic mass is 35.5. The maximum atomic E-state index is 5.98. The Hall–Kier alpha value is -1.61. The summed E-state index contributed by atoms with van der Waals surface area (Å²) >= 11 is 5.98. The van der Waals surface area contributed by atoms with E-state index in [0.717, 1.165) is 18.1 Å². The first-order valence-corrected chi connectivity index (χ1v) is 6.78. The lowest BCUT2D eigenvalue weighted by molar-refractivity contribution is 0.774. The van der Waals surface area contributed by atoms with Crippen LogP contribution in [-0.4, -0.2) is 16.5 Å². The van der Waals surface area contributed by atoms with Crippen LogP contribution in [0.2, 0.25) is 5.15 Å². The second-order valence-electron chi connectivity index (χ2n) is 4.60. The minimum atomic E-state index is 0.503. The molecule has 100 valence electrons. The summed E-state index contributed by atoms with van der Waals surface area (Å²) in [6.07, 6.45) is 0. The molecule has 0 amide bonds. The Morgan fingerprint density at radius 1 is 1.16 bits per heavy atom. The first-order valence-electron chi connectivity index (χ1n) is 6.40. The van der Waals surface area contributed by atoms with Crippen LogP contribution < -0.4 is 4.90 Å². The highest BCUT2D eigenvalue weighted by Crippen LogP contribution is 2.18. The number of nitrogens with zero attached hydrogens (tertiary/aromatic N) is 3. The van der Waals surface area contributed by atoms with Gasteiger partial charge in [0.15, 0.2) is 0 Å². The van der Waals surface area contributed by atoms with Crippen LogP contribution in [0, 0.1) is 13.8 Å². The molecule has 2 rings (SSSR count). The van der Waals surface area contributed by atoms with Crippen molar-refractivity contribution >= 4 is 17.3 Å². The van der Waals surface area contributed by atoms with Gasteiger partial charge in [-0.3, -0.25) is 0 Å². The fraction of sp³-hybridized carbons (Fsp3) is 0.333. The summed E-state index contributed by atoms with van der Waals surface area (Å²) in [6, 6.07) is 10.2. The zero-order valence-corrected chi connectivity index (χ0v) is 12.3. The molecule has 3 nitrogen and oxygen atoms in total. The van der Waals surface area contributed by atoms with Crippen molar-refractivity contribution in [3.8, 4) is 0 Å². The number of benzene rings is 1. The molecular weight excluding hydrogens is 258 g/mol. The first-order chi connectivity index (χ1) is 9.08. The normalized spacial score (nSPS) is 10.5. The third kappa shape index (κ3) is 3.67. The van der Waals surface area contributed by atoms with E-state index in [2.05, 4.69) is 53.0 Å². The van der Waals surface area contributed by atoms with Gasteiger partial charge in [-0.25, -0.2) is 9.97 Å². The van der Waals surface area contributed by atoms with Gasteiger partial charge in [-0.2, -0.15) is 0 Å². The summed E-state index contributed by atoms with van der Waals surface area (Å²) in [5.41, 5.74) is 3.33. The summed E-state index contributed by atoms with van der Waals surface area (Å²) < 4.78 is 0. The average molecular weight is 276 g/mol. The lowest BCUT2D eigenvalue weighted by Gasteiger charge is -2.22. The molecule has 0 bridgehead atoms. The van der Waals surface area contributed by atoms with Gasteiger partial charge in [0.25, 0.3) is 0 Å². The molecule has 0 unspecified atom stereocenters. The van der Waals surface area contributed by atoms with Gasteiger partial charge in [0.1, 0.15) is 11.0 Å².